The average Bonchev–Trinajstić information content (AvgIpc) is 3.08. The smallest absolute Gasteiger partial charge is 0.303 e. The molecule has 3 aromatic rings. The van der Waals surface area contributed by atoms with Crippen molar-refractivity contribution in [3.63, 3.8) is 0 Å². The summed E-state index contributed by atoms with van der Waals surface area (Å²) < 4.78 is 21.8. The lowest BCUT2D eigenvalue weighted by molar-refractivity contribution is -0.137. The van der Waals surface area contributed by atoms with Crippen LogP contribution in [0.1, 0.15) is 54.0 Å². The van der Waals surface area contributed by atoms with Crippen LogP contribution in [0.25, 0.3) is 16.6 Å². The van der Waals surface area contributed by atoms with Gasteiger partial charge in [-0.15, -0.1) is 0 Å². The molecule has 6 nitrogen and oxygen atoms in total. The molecule has 0 bridgehead atoms. The fraction of sp³-hybridized carbons (Fsp3) is 0.360. The number of nitrogens with two attached hydrogens (primary N) is 1. The summed E-state index contributed by atoms with van der Waals surface area (Å²) in [5, 5.41) is 17.9. The van der Waals surface area contributed by atoms with E-state index >= 15 is 0 Å². The fourth-order valence-electron chi connectivity index (χ4n) is 4.70. The molecule has 0 atom stereocenters. The van der Waals surface area contributed by atoms with E-state index in [1.807, 2.05) is 18.2 Å². The van der Waals surface area contributed by atoms with E-state index in [4.69, 9.17) is 15.9 Å². The van der Waals surface area contributed by atoms with Crippen LogP contribution in [0.15, 0.2) is 30.3 Å². The normalized spacial score (nSPS) is 14.7. The maximum atomic E-state index is 14.1. The largest absolute Gasteiger partial charge is 0.481 e. The Hall–Kier alpha value is -3.19. The molecule has 1 aliphatic heterocycles. The lowest BCUT2D eigenvalue weighted by Gasteiger charge is -2.26. The van der Waals surface area contributed by atoms with E-state index in [0.717, 1.165) is 40.7 Å². The Kier molecular flexibility index (Phi) is 6.28. The van der Waals surface area contributed by atoms with Gasteiger partial charge in [0.05, 0.1) is 5.52 Å². The predicted octanol–water partition coefficient (Wildman–Crippen LogP) is 4.96. The maximum Gasteiger partial charge on any atom is 0.303 e. The Labute approximate surface area is 186 Å². The molecule has 168 valence electrons. The van der Waals surface area contributed by atoms with Crippen molar-refractivity contribution < 1.29 is 19.0 Å². The second-order valence-corrected chi connectivity index (χ2v) is 8.41. The number of aryl methyl sites for hydroxylation is 2. The van der Waals surface area contributed by atoms with Gasteiger partial charge in [-0.2, -0.15) is 0 Å². The lowest BCUT2D eigenvalue weighted by Crippen LogP contribution is -2.18. The highest BCUT2D eigenvalue weighted by Crippen LogP contribution is 2.40. The summed E-state index contributed by atoms with van der Waals surface area (Å²) in [7, 11) is 0. The second kappa shape index (κ2) is 9.12. The topological polar surface area (TPSA) is 101 Å². The SMILES string of the molecule is Cc1cc(-n2c(C3CCOCC3)c(CCCC(=O)O)c3cc(N)c(C=N)cc32)ccc1F. The van der Waals surface area contributed by atoms with Gasteiger partial charge in [-0.1, -0.05) is 0 Å². The highest BCUT2D eigenvalue weighted by atomic mass is 19.1. The first kappa shape index (κ1) is 22.0. The van der Waals surface area contributed by atoms with Crippen LogP contribution in [0.2, 0.25) is 0 Å². The predicted molar refractivity (Wildman–Crippen MR) is 124 cm³/mol. The number of anilines is 1. The molecule has 2 heterocycles. The summed E-state index contributed by atoms with van der Waals surface area (Å²) in [5.41, 5.74) is 11.9. The van der Waals surface area contributed by atoms with Crippen molar-refractivity contribution in [2.45, 2.75) is 44.9 Å². The molecule has 1 saturated heterocycles. The number of benzene rings is 2. The molecule has 0 radical (unpaired) electrons. The third kappa shape index (κ3) is 4.12. The zero-order valence-corrected chi connectivity index (χ0v) is 18.2. The number of hydrogen-bond acceptors (Lipinski definition) is 4. The van der Waals surface area contributed by atoms with E-state index in [9.17, 15) is 14.3 Å². The summed E-state index contributed by atoms with van der Waals surface area (Å²) in [6.07, 6.45) is 4.15. The average molecular weight is 438 g/mol. The van der Waals surface area contributed by atoms with Gasteiger partial charge in [0.1, 0.15) is 5.82 Å². The zero-order chi connectivity index (χ0) is 22.8. The van der Waals surface area contributed by atoms with Gasteiger partial charge in [0.25, 0.3) is 0 Å². The Morgan fingerprint density at radius 3 is 2.72 bits per heavy atom. The van der Waals surface area contributed by atoms with Crippen molar-refractivity contribution in [1.82, 2.24) is 4.57 Å². The van der Waals surface area contributed by atoms with Gasteiger partial charge >= 0.3 is 5.97 Å². The molecule has 0 unspecified atom stereocenters. The van der Waals surface area contributed by atoms with E-state index in [1.54, 1.807) is 13.0 Å². The Bertz CT molecular complexity index is 1180. The summed E-state index contributed by atoms with van der Waals surface area (Å²) >= 11 is 0. The number of fused-ring (bicyclic) bond motifs is 1. The minimum absolute atomic E-state index is 0.0869. The van der Waals surface area contributed by atoms with Crippen LogP contribution >= 0.6 is 0 Å². The van der Waals surface area contributed by atoms with Crippen LogP contribution in [0, 0.1) is 18.2 Å². The maximum absolute atomic E-state index is 14.1. The van der Waals surface area contributed by atoms with Gasteiger partial charge in [0.15, 0.2) is 0 Å². The van der Waals surface area contributed by atoms with E-state index < -0.39 is 5.97 Å². The summed E-state index contributed by atoms with van der Waals surface area (Å²) in [6.45, 7) is 3.07. The quantitative estimate of drug-likeness (QED) is 0.359. The number of hydrogen-bond donors (Lipinski definition) is 3. The number of carboxylic acid groups (broad SMARTS) is 1. The first-order valence-electron chi connectivity index (χ1n) is 10.9. The number of halogens is 1. The third-order valence-corrected chi connectivity index (χ3v) is 6.30. The monoisotopic (exact) mass is 437 g/mol. The van der Waals surface area contributed by atoms with Crippen molar-refractivity contribution in [3.05, 3.63) is 58.5 Å². The van der Waals surface area contributed by atoms with Crippen LogP contribution in [-0.4, -0.2) is 35.1 Å². The highest BCUT2D eigenvalue weighted by molar-refractivity contribution is 5.97. The van der Waals surface area contributed by atoms with E-state index in [-0.39, 0.29) is 18.2 Å². The van der Waals surface area contributed by atoms with E-state index in [2.05, 4.69) is 4.57 Å². The van der Waals surface area contributed by atoms with E-state index in [1.165, 1.54) is 12.3 Å². The first-order chi connectivity index (χ1) is 15.4. The highest BCUT2D eigenvalue weighted by Gasteiger charge is 2.27. The molecular formula is C25H28FN3O3. The van der Waals surface area contributed by atoms with Crippen LogP contribution < -0.4 is 5.73 Å². The molecular weight excluding hydrogens is 409 g/mol. The molecule has 1 aromatic heterocycles. The second-order valence-electron chi connectivity index (χ2n) is 8.41. The van der Waals surface area contributed by atoms with Crippen LogP contribution in [-0.2, 0) is 16.0 Å². The first-order valence-corrected chi connectivity index (χ1v) is 10.9. The molecule has 1 aliphatic rings. The summed E-state index contributed by atoms with van der Waals surface area (Å²) in [4.78, 5) is 11.2. The number of nitrogen functional groups attached to an aromatic ring is 1. The number of nitrogens with zero attached hydrogens (tertiary/aromatic N) is 1. The number of ether oxygens (including phenoxy) is 1. The van der Waals surface area contributed by atoms with Gasteiger partial charge < -0.3 is 25.6 Å². The lowest BCUT2D eigenvalue weighted by atomic mass is 9.90. The molecule has 4 rings (SSSR count). The molecule has 0 saturated carbocycles. The molecule has 32 heavy (non-hydrogen) atoms. The number of carbonyl (C=O) groups is 1. The van der Waals surface area contributed by atoms with Gasteiger partial charge in [-0.3, -0.25) is 4.79 Å². The fourth-order valence-corrected chi connectivity index (χ4v) is 4.70. The number of aliphatic carboxylic acids is 1. The van der Waals surface area contributed by atoms with Crippen molar-refractivity contribution in [2.75, 3.05) is 18.9 Å². The molecule has 0 spiro atoms. The van der Waals surface area contributed by atoms with Gasteiger partial charge in [0, 0.05) is 59.8 Å². The van der Waals surface area contributed by atoms with Gasteiger partial charge in [0.2, 0.25) is 0 Å². The molecule has 0 aliphatic carbocycles. The third-order valence-electron chi connectivity index (χ3n) is 6.30. The van der Waals surface area contributed by atoms with Crippen molar-refractivity contribution in [3.8, 4) is 5.69 Å². The molecule has 2 aromatic carbocycles. The number of nitrogens with one attached hydrogen (secondary N) is 1. The van der Waals surface area contributed by atoms with Crippen LogP contribution in [0.3, 0.4) is 0 Å². The van der Waals surface area contributed by atoms with E-state index in [0.29, 0.717) is 42.9 Å². The zero-order valence-electron chi connectivity index (χ0n) is 18.2. The molecule has 7 heteroatoms. The molecule has 1 fully saturated rings. The Morgan fingerprint density at radius 2 is 2.06 bits per heavy atom. The van der Waals surface area contributed by atoms with Crippen LogP contribution in [0.5, 0.6) is 0 Å². The summed E-state index contributed by atoms with van der Waals surface area (Å²) in [6, 6.07) is 8.87. The molecule has 0 amide bonds. The minimum atomic E-state index is -0.818. The van der Waals surface area contributed by atoms with Gasteiger partial charge in [-0.05, 0) is 74.1 Å². The minimum Gasteiger partial charge on any atom is -0.481 e. The van der Waals surface area contributed by atoms with Crippen LogP contribution in [0.4, 0.5) is 10.1 Å². The van der Waals surface area contributed by atoms with Crippen molar-refractivity contribution >= 4 is 28.8 Å². The number of rotatable bonds is 7. The van der Waals surface area contributed by atoms with Crippen molar-refractivity contribution in [1.29, 1.82) is 5.41 Å². The van der Waals surface area contributed by atoms with Gasteiger partial charge in [-0.25, -0.2) is 4.39 Å². The van der Waals surface area contributed by atoms with Crippen molar-refractivity contribution in [2.24, 2.45) is 0 Å². The Morgan fingerprint density at radius 1 is 1.31 bits per heavy atom. The number of carboxylic acids is 1. The Balaban J connectivity index is 2.01. The number of aromatic nitrogens is 1. The summed E-state index contributed by atoms with van der Waals surface area (Å²) in [5.74, 6) is -0.851. The molecule has 4 N–H and O–H groups in total. The standard InChI is InChI=1S/C25H28FN3O3/c1-15-11-18(5-6-21(15)26)29-23-12-17(14-27)22(28)13-20(23)19(3-2-4-24(30)31)25(29)16-7-9-32-10-8-16/h5-6,11-14,16,27H,2-4,7-10,28H2,1H3,(H,30,31).